The number of rotatable bonds is 4. The number of imide groups is 2. The van der Waals surface area contributed by atoms with Gasteiger partial charge < -0.3 is 19.6 Å². The molecule has 1 aromatic rings. The van der Waals surface area contributed by atoms with Crippen LogP contribution in [0.3, 0.4) is 0 Å². The molecule has 12 heteroatoms. The average Bonchev–Trinajstić information content (AvgIpc) is 3.14. The predicted molar refractivity (Wildman–Crippen MR) is 144 cm³/mol. The van der Waals surface area contributed by atoms with Gasteiger partial charge in [0.1, 0.15) is 11.6 Å². The summed E-state index contributed by atoms with van der Waals surface area (Å²) in [5, 5.41) is 13.5. The molecule has 5 rings (SSSR count). The van der Waals surface area contributed by atoms with Crippen molar-refractivity contribution >= 4 is 35.4 Å². The van der Waals surface area contributed by atoms with E-state index in [2.05, 4.69) is 15.1 Å². The van der Waals surface area contributed by atoms with Gasteiger partial charge in [-0.2, -0.15) is 0 Å². The van der Waals surface area contributed by atoms with Gasteiger partial charge in [0.15, 0.2) is 0 Å². The summed E-state index contributed by atoms with van der Waals surface area (Å²) in [5.41, 5.74) is -0.265. The number of fused-ring (bicyclic) bond motifs is 1. The maximum atomic E-state index is 13.5. The van der Waals surface area contributed by atoms with E-state index in [0.717, 1.165) is 4.90 Å². The number of benzene rings is 1. The second-order valence-corrected chi connectivity index (χ2v) is 12.1. The zero-order valence-electron chi connectivity index (χ0n) is 23.3. The van der Waals surface area contributed by atoms with Gasteiger partial charge in [-0.15, -0.1) is 0 Å². The summed E-state index contributed by atoms with van der Waals surface area (Å²) < 4.78 is 5.45. The van der Waals surface area contributed by atoms with Crippen molar-refractivity contribution < 1.29 is 33.8 Å². The highest BCUT2D eigenvalue weighted by molar-refractivity contribution is 6.25. The zero-order chi connectivity index (χ0) is 28.8. The van der Waals surface area contributed by atoms with Crippen LogP contribution in [0.2, 0.25) is 0 Å². The van der Waals surface area contributed by atoms with Crippen LogP contribution in [-0.2, 0) is 14.3 Å². The molecule has 3 saturated heterocycles. The lowest BCUT2D eigenvalue weighted by Crippen LogP contribution is -2.56. The van der Waals surface area contributed by atoms with E-state index >= 15 is 0 Å². The predicted octanol–water partition coefficient (Wildman–Crippen LogP) is 0.972. The smallest absolute Gasteiger partial charge is 0.410 e. The molecule has 12 nitrogen and oxygen atoms in total. The van der Waals surface area contributed by atoms with Gasteiger partial charge in [-0.3, -0.25) is 34.3 Å². The fourth-order valence-electron chi connectivity index (χ4n) is 5.91. The van der Waals surface area contributed by atoms with Crippen LogP contribution in [0.4, 0.5) is 10.5 Å². The number of hydrogen-bond acceptors (Lipinski definition) is 9. The van der Waals surface area contributed by atoms with Gasteiger partial charge >= 0.3 is 6.09 Å². The van der Waals surface area contributed by atoms with Crippen molar-refractivity contribution in [1.82, 2.24) is 20.0 Å². The molecular weight excluding hydrogens is 518 g/mol. The monoisotopic (exact) mass is 555 g/mol. The number of piperazine rings is 1. The quantitative estimate of drug-likeness (QED) is 0.520. The first-order chi connectivity index (χ1) is 18.8. The lowest BCUT2D eigenvalue weighted by molar-refractivity contribution is -0.136. The van der Waals surface area contributed by atoms with E-state index < -0.39 is 40.9 Å². The Labute approximate surface area is 233 Å². The third-order valence-corrected chi connectivity index (χ3v) is 8.02. The first-order valence-corrected chi connectivity index (χ1v) is 13.9. The molecule has 1 atom stereocenters. The molecule has 0 bridgehead atoms. The van der Waals surface area contributed by atoms with Crippen molar-refractivity contribution in [1.29, 1.82) is 0 Å². The van der Waals surface area contributed by atoms with Crippen molar-refractivity contribution in [2.75, 3.05) is 50.7 Å². The normalized spacial score (nSPS) is 23.8. The van der Waals surface area contributed by atoms with Crippen LogP contribution >= 0.6 is 0 Å². The van der Waals surface area contributed by atoms with Crippen molar-refractivity contribution in [2.24, 2.45) is 0 Å². The lowest BCUT2D eigenvalue weighted by atomic mass is 9.90. The summed E-state index contributed by atoms with van der Waals surface area (Å²) in [5.74, 6) is -2.07. The van der Waals surface area contributed by atoms with Crippen molar-refractivity contribution in [2.45, 2.75) is 63.7 Å². The van der Waals surface area contributed by atoms with Crippen LogP contribution in [0, 0.1) is 0 Å². The summed E-state index contributed by atoms with van der Waals surface area (Å²) in [6, 6.07) is 4.15. The minimum atomic E-state index is -1.00. The Hall–Kier alpha value is -3.51. The number of likely N-dealkylation sites (tertiary alicyclic amines) is 1. The molecule has 0 spiro atoms. The maximum Gasteiger partial charge on any atom is 0.410 e. The molecule has 4 aliphatic heterocycles. The van der Waals surface area contributed by atoms with Crippen molar-refractivity contribution in [3.8, 4) is 0 Å². The minimum Gasteiger partial charge on any atom is -0.444 e. The number of nitrogens with one attached hydrogen (secondary N) is 1. The second kappa shape index (κ2) is 10.5. The summed E-state index contributed by atoms with van der Waals surface area (Å²) in [4.78, 5) is 69.8. The molecule has 3 fully saturated rings. The summed E-state index contributed by atoms with van der Waals surface area (Å²) in [7, 11) is 0. The summed E-state index contributed by atoms with van der Waals surface area (Å²) in [6.07, 6.45) is 0.756. The Balaban J connectivity index is 1.19. The highest BCUT2D eigenvalue weighted by atomic mass is 16.6. The molecule has 5 amide bonds. The first kappa shape index (κ1) is 28.0. The van der Waals surface area contributed by atoms with E-state index in [0.29, 0.717) is 69.9 Å². The molecule has 216 valence electrons. The minimum absolute atomic E-state index is 0.0734. The molecule has 0 radical (unpaired) electrons. The van der Waals surface area contributed by atoms with Gasteiger partial charge in [-0.1, -0.05) is 6.07 Å². The number of amides is 5. The molecule has 4 heterocycles. The SMILES string of the molecule is CC(C)(C)OC(=O)N1CCC(O)(CN2CCN(c3cccc4c3C(=O)N(C3CCC(=O)NC3=O)C4=O)CC2)CC1. The van der Waals surface area contributed by atoms with Crippen molar-refractivity contribution in [3.05, 3.63) is 29.3 Å². The van der Waals surface area contributed by atoms with Crippen LogP contribution in [0.1, 0.15) is 67.2 Å². The van der Waals surface area contributed by atoms with Gasteiger partial charge in [0.05, 0.1) is 22.4 Å². The topological polar surface area (TPSA) is 140 Å². The fourth-order valence-corrected chi connectivity index (χ4v) is 5.91. The molecular formula is C28H37N5O7. The largest absolute Gasteiger partial charge is 0.444 e. The van der Waals surface area contributed by atoms with E-state index in [9.17, 15) is 29.1 Å². The number of ether oxygens (including phenoxy) is 1. The Bertz CT molecular complexity index is 1230. The number of nitrogens with zero attached hydrogens (tertiary/aromatic N) is 4. The molecule has 1 aromatic carbocycles. The van der Waals surface area contributed by atoms with Crippen LogP contribution in [0.15, 0.2) is 18.2 Å². The van der Waals surface area contributed by atoms with Gasteiger partial charge in [-0.05, 0) is 52.2 Å². The number of aliphatic hydroxyl groups is 1. The van der Waals surface area contributed by atoms with Crippen LogP contribution < -0.4 is 10.2 Å². The molecule has 2 N–H and O–H groups in total. The van der Waals surface area contributed by atoms with Gasteiger partial charge in [0.2, 0.25) is 11.8 Å². The maximum absolute atomic E-state index is 13.5. The average molecular weight is 556 g/mol. The van der Waals surface area contributed by atoms with Crippen LogP contribution in [0.5, 0.6) is 0 Å². The Morgan fingerprint density at radius 3 is 2.33 bits per heavy atom. The van der Waals surface area contributed by atoms with E-state index in [1.54, 1.807) is 17.0 Å². The number of β-amino-alcohol motifs (C(OH)–C–C–N with tert-alkyl or cyclic N) is 1. The lowest BCUT2D eigenvalue weighted by Gasteiger charge is -2.43. The number of piperidine rings is 2. The number of carbonyl (C=O) groups excluding carboxylic acids is 5. The Morgan fingerprint density at radius 2 is 1.70 bits per heavy atom. The number of hydrogen-bond donors (Lipinski definition) is 2. The molecule has 40 heavy (non-hydrogen) atoms. The second-order valence-electron chi connectivity index (χ2n) is 12.1. The van der Waals surface area contributed by atoms with E-state index in [1.165, 1.54) is 0 Å². The first-order valence-electron chi connectivity index (χ1n) is 13.9. The zero-order valence-corrected chi connectivity index (χ0v) is 23.3. The highest BCUT2D eigenvalue weighted by Crippen LogP contribution is 2.35. The third kappa shape index (κ3) is 5.55. The van der Waals surface area contributed by atoms with E-state index in [-0.39, 0.29) is 24.5 Å². The van der Waals surface area contributed by atoms with E-state index in [4.69, 9.17) is 4.74 Å². The fraction of sp³-hybridized carbons (Fsp3) is 0.607. The number of carbonyl (C=O) groups is 5. The molecule has 0 aliphatic carbocycles. The van der Waals surface area contributed by atoms with Crippen molar-refractivity contribution in [3.63, 3.8) is 0 Å². The highest BCUT2D eigenvalue weighted by Gasteiger charge is 2.46. The summed E-state index contributed by atoms with van der Waals surface area (Å²) in [6.45, 7) is 9.33. The molecule has 0 aromatic heterocycles. The Kier molecular flexibility index (Phi) is 7.34. The molecule has 4 aliphatic rings. The standard InChI is InChI=1S/C28H37N5O7/c1-27(2,3)40-26(38)32-11-9-28(39,10-12-32)17-30-13-15-31(16-14-30)19-6-4-5-18-22(19)25(37)33(24(18)36)20-7-8-21(34)29-23(20)35/h4-6,20,39H,7-17H2,1-3H3,(H,29,34,35). The van der Waals surface area contributed by atoms with Gasteiger partial charge in [-0.25, -0.2) is 4.79 Å². The van der Waals surface area contributed by atoms with Gasteiger partial charge in [0.25, 0.3) is 11.8 Å². The Morgan fingerprint density at radius 1 is 1.02 bits per heavy atom. The van der Waals surface area contributed by atoms with Gasteiger partial charge in [0, 0.05) is 52.2 Å². The molecule has 0 saturated carbocycles. The van der Waals surface area contributed by atoms with Crippen LogP contribution in [-0.4, -0.2) is 113 Å². The van der Waals surface area contributed by atoms with Crippen LogP contribution in [0.25, 0.3) is 0 Å². The third-order valence-electron chi connectivity index (χ3n) is 8.02. The summed E-state index contributed by atoms with van der Waals surface area (Å²) >= 11 is 0. The number of anilines is 1. The van der Waals surface area contributed by atoms with E-state index in [1.807, 2.05) is 26.8 Å². The molecule has 1 unspecified atom stereocenters.